The zero-order valence-electron chi connectivity index (χ0n) is 8.11. The SMILES string of the molecule is Cc1c(-c2ccc(C=O)cc2)[nH]oc1=O. The molecule has 1 heterocycles. The van der Waals surface area contributed by atoms with Crippen molar-refractivity contribution in [3.05, 3.63) is 45.8 Å². The molecule has 4 nitrogen and oxygen atoms in total. The van der Waals surface area contributed by atoms with Gasteiger partial charge in [-0.2, -0.15) is 0 Å². The van der Waals surface area contributed by atoms with Crippen molar-refractivity contribution in [1.82, 2.24) is 5.16 Å². The van der Waals surface area contributed by atoms with Crippen molar-refractivity contribution < 1.29 is 9.32 Å². The fraction of sp³-hybridized carbons (Fsp3) is 0.0909. The third-order valence-electron chi connectivity index (χ3n) is 2.26. The van der Waals surface area contributed by atoms with E-state index in [2.05, 4.69) is 9.68 Å². The van der Waals surface area contributed by atoms with Gasteiger partial charge in [-0.1, -0.05) is 24.3 Å². The first kappa shape index (κ1) is 9.45. The Labute approximate surface area is 85.5 Å². The van der Waals surface area contributed by atoms with E-state index in [9.17, 15) is 9.59 Å². The molecule has 0 radical (unpaired) electrons. The molecule has 4 heteroatoms. The Bertz CT molecular complexity index is 534. The Morgan fingerprint density at radius 3 is 2.40 bits per heavy atom. The summed E-state index contributed by atoms with van der Waals surface area (Å²) in [5.41, 5.74) is 2.24. The normalized spacial score (nSPS) is 10.2. The van der Waals surface area contributed by atoms with Crippen molar-refractivity contribution in [3.63, 3.8) is 0 Å². The molecule has 0 unspecified atom stereocenters. The summed E-state index contributed by atoms with van der Waals surface area (Å²) in [6.07, 6.45) is 0.773. The molecule has 0 fully saturated rings. The highest BCUT2D eigenvalue weighted by atomic mass is 16.5. The topological polar surface area (TPSA) is 63.1 Å². The number of aromatic nitrogens is 1. The highest BCUT2D eigenvalue weighted by Crippen LogP contribution is 2.18. The molecule has 15 heavy (non-hydrogen) atoms. The molecule has 2 aromatic rings. The maximum absolute atomic E-state index is 11.1. The lowest BCUT2D eigenvalue weighted by Gasteiger charge is -1.97. The third kappa shape index (κ3) is 1.61. The van der Waals surface area contributed by atoms with Gasteiger partial charge in [-0.05, 0) is 6.92 Å². The Morgan fingerprint density at radius 2 is 1.93 bits per heavy atom. The minimum absolute atomic E-state index is 0.371. The second-order valence-electron chi connectivity index (χ2n) is 3.23. The molecule has 0 atom stereocenters. The van der Waals surface area contributed by atoms with E-state index in [0.29, 0.717) is 16.8 Å². The molecule has 1 aromatic heterocycles. The van der Waals surface area contributed by atoms with E-state index >= 15 is 0 Å². The molecule has 2 rings (SSSR count). The molecule has 0 bridgehead atoms. The van der Waals surface area contributed by atoms with Gasteiger partial charge in [0.15, 0.2) is 0 Å². The molecular formula is C11H9NO3. The number of H-pyrrole nitrogens is 1. The molecule has 0 aliphatic heterocycles. The summed E-state index contributed by atoms with van der Waals surface area (Å²) < 4.78 is 4.66. The predicted octanol–water partition coefficient (Wildman–Crippen LogP) is 1.76. The van der Waals surface area contributed by atoms with E-state index in [1.807, 2.05) is 0 Å². The van der Waals surface area contributed by atoms with Gasteiger partial charge in [0.05, 0.1) is 11.3 Å². The van der Waals surface area contributed by atoms with E-state index in [0.717, 1.165) is 11.8 Å². The van der Waals surface area contributed by atoms with Crippen LogP contribution in [0.4, 0.5) is 0 Å². The lowest BCUT2D eigenvalue weighted by Crippen LogP contribution is -1.95. The molecule has 0 saturated heterocycles. The number of aldehydes is 1. The highest BCUT2D eigenvalue weighted by molar-refractivity contribution is 5.76. The Morgan fingerprint density at radius 1 is 1.27 bits per heavy atom. The number of hydrogen-bond donors (Lipinski definition) is 1. The van der Waals surface area contributed by atoms with E-state index in [4.69, 9.17) is 0 Å². The van der Waals surface area contributed by atoms with Crippen LogP contribution in [0.5, 0.6) is 0 Å². The molecule has 0 spiro atoms. The summed E-state index contributed by atoms with van der Waals surface area (Å²) in [5, 5.41) is 2.55. The van der Waals surface area contributed by atoms with Crippen LogP contribution in [0.25, 0.3) is 11.3 Å². The van der Waals surface area contributed by atoms with Crippen molar-refractivity contribution in [1.29, 1.82) is 0 Å². The van der Waals surface area contributed by atoms with Crippen LogP contribution >= 0.6 is 0 Å². The predicted molar refractivity (Wildman–Crippen MR) is 54.9 cm³/mol. The molecule has 76 valence electrons. The smallest absolute Gasteiger partial charge is 0.338 e. The number of carbonyl (C=O) groups excluding carboxylic acids is 1. The van der Waals surface area contributed by atoms with Crippen LogP contribution in [0.2, 0.25) is 0 Å². The lowest BCUT2D eigenvalue weighted by atomic mass is 10.1. The van der Waals surface area contributed by atoms with E-state index in [1.165, 1.54) is 0 Å². The van der Waals surface area contributed by atoms with Crippen LogP contribution in [-0.2, 0) is 0 Å². The average Bonchev–Trinajstić information content (AvgIpc) is 2.60. The van der Waals surface area contributed by atoms with Crippen LogP contribution in [0.15, 0.2) is 33.6 Å². The van der Waals surface area contributed by atoms with Gasteiger partial charge in [0.1, 0.15) is 6.29 Å². The van der Waals surface area contributed by atoms with E-state index < -0.39 is 0 Å². The summed E-state index contributed by atoms with van der Waals surface area (Å²) in [7, 11) is 0. The average molecular weight is 203 g/mol. The molecule has 0 saturated carbocycles. The van der Waals surface area contributed by atoms with Gasteiger partial charge in [-0.25, -0.2) is 9.95 Å². The minimum atomic E-state index is -0.371. The largest absolute Gasteiger partial charge is 0.360 e. The second kappa shape index (κ2) is 3.57. The van der Waals surface area contributed by atoms with E-state index in [-0.39, 0.29) is 5.63 Å². The van der Waals surface area contributed by atoms with Crippen molar-refractivity contribution in [2.75, 3.05) is 0 Å². The number of benzene rings is 1. The number of rotatable bonds is 2. The van der Waals surface area contributed by atoms with Crippen molar-refractivity contribution in [2.45, 2.75) is 6.92 Å². The first-order valence-corrected chi connectivity index (χ1v) is 4.46. The fourth-order valence-electron chi connectivity index (χ4n) is 1.36. The lowest BCUT2D eigenvalue weighted by molar-refractivity contribution is 0.112. The van der Waals surface area contributed by atoms with Crippen molar-refractivity contribution in [3.8, 4) is 11.3 Å². The third-order valence-corrected chi connectivity index (χ3v) is 2.26. The maximum Gasteiger partial charge on any atom is 0.360 e. The summed E-state index contributed by atoms with van der Waals surface area (Å²) >= 11 is 0. The van der Waals surface area contributed by atoms with Gasteiger partial charge in [-0.3, -0.25) is 4.79 Å². The summed E-state index contributed by atoms with van der Waals surface area (Å²) in [6, 6.07) is 6.90. The number of aromatic amines is 1. The van der Waals surface area contributed by atoms with Gasteiger partial charge in [0, 0.05) is 11.1 Å². The molecule has 0 aliphatic rings. The maximum atomic E-state index is 11.1. The van der Waals surface area contributed by atoms with Crippen LogP contribution in [0.3, 0.4) is 0 Å². The van der Waals surface area contributed by atoms with E-state index in [1.54, 1.807) is 31.2 Å². The zero-order valence-corrected chi connectivity index (χ0v) is 8.11. The Kier molecular flexibility index (Phi) is 2.25. The zero-order chi connectivity index (χ0) is 10.8. The van der Waals surface area contributed by atoms with Crippen molar-refractivity contribution in [2.24, 2.45) is 0 Å². The van der Waals surface area contributed by atoms with Crippen LogP contribution in [0.1, 0.15) is 15.9 Å². The summed E-state index contributed by atoms with van der Waals surface area (Å²) in [4.78, 5) is 21.5. The number of hydrogen-bond acceptors (Lipinski definition) is 3. The first-order valence-electron chi connectivity index (χ1n) is 4.46. The Hall–Kier alpha value is -2.10. The van der Waals surface area contributed by atoms with Gasteiger partial charge in [-0.15, -0.1) is 0 Å². The number of carbonyl (C=O) groups is 1. The highest BCUT2D eigenvalue weighted by Gasteiger charge is 2.08. The summed E-state index contributed by atoms with van der Waals surface area (Å²) in [5.74, 6) is 0. The van der Waals surface area contributed by atoms with Gasteiger partial charge in [0.25, 0.3) is 0 Å². The van der Waals surface area contributed by atoms with Crippen LogP contribution < -0.4 is 5.63 Å². The summed E-state index contributed by atoms with van der Waals surface area (Å²) in [6.45, 7) is 1.69. The molecule has 1 N–H and O–H groups in total. The molecule has 0 amide bonds. The van der Waals surface area contributed by atoms with Gasteiger partial charge < -0.3 is 4.52 Å². The van der Waals surface area contributed by atoms with Crippen LogP contribution in [0, 0.1) is 6.92 Å². The standard InChI is InChI=1S/C11H9NO3/c1-7-10(12-15-11(7)14)9-4-2-8(6-13)3-5-9/h2-6,12H,1H3. The second-order valence-corrected chi connectivity index (χ2v) is 3.23. The monoisotopic (exact) mass is 203 g/mol. The molecule has 1 aromatic carbocycles. The van der Waals surface area contributed by atoms with Gasteiger partial charge in [0.2, 0.25) is 0 Å². The molecule has 0 aliphatic carbocycles. The quantitative estimate of drug-likeness (QED) is 0.756. The molecular weight excluding hydrogens is 194 g/mol. The Balaban J connectivity index is 2.50. The van der Waals surface area contributed by atoms with Crippen molar-refractivity contribution >= 4 is 6.29 Å². The first-order chi connectivity index (χ1) is 7.22. The minimum Gasteiger partial charge on any atom is -0.338 e. The van der Waals surface area contributed by atoms with Crippen LogP contribution in [-0.4, -0.2) is 11.4 Å². The fourth-order valence-corrected chi connectivity index (χ4v) is 1.36. The van der Waals surface area contributed by atoms with Gasteiger partial charge >= 0.3 is 5.63 Å². The number of nitrogens with one attached hydrogen (secondary N) is 1.